The molecule has 0 radical (unpaired) electrons. The lowest BCUT2D eigenvalue weighted by Crippen LogP contribution is -2.16. The molecular formula is C10H16N6. The third-order valence-electron chi connectivity index (χ3n) is 2.47. The van der Waals surface area contributed by atoms with Crippen LogP contribution in [0.2, 0.25) is 0 Å². The van der Waals surface area contributed by atoms with Gasteiger partial charge in [-0.15, -0.1) is 10.2 Å². The summed E-state index contributed by atoms with van der Waals surface area (Å²) in [6.07, 6.45) is 5.40. The van der Waals surface area contributed by atoms with Gasteiger partial charge in [0.25, 0.3) is 0 Å². The van der Waals surface area contributed by atoms with Crippen LogP contribution in [-0.4, -0.2) is 30.9 Å². The highest BCUT2D eigenvalue weighted by molar-refractivity contribution is 5.01. The standard InChI is InChI=1S/C10H16N6/c1-3-11-4-9-5-12-7-16(9)6-10-14-13-8-15(10)2/h5,7-8,11H,3-4,6H2,1-2H3. The van der Waals surface area contributed by atoms with Gasteiger partial charge in [0.05, 0.1) is 18.6 Å². The Labute approximate surface area is 94.3 Å². The number of aromatic nitrogens is 5. The van der Waals surface area contributed by atoms with E-state index in [2.05, 4.69) is 32.0 Å². The van der Waals surface area contributed by atoms with E-state index in [9.17, 15) is 0 Å². The van der Waals surface area contributed by atoms with Crippen molar-refractivity contribution in [1.29, 1.82) is 0 Å². The van der Waals surface area contributed by atoms with Crippen LogP contribution in [0.15, 0.2) is 18.9 Å². The molecule has 0 amide bonds. The highest BCUT2D eigenvalue weighted by Crippen LogP contribution is 2.03. The second-order valence-corrected chi connectivity index (χ2v) is 3.65. The lowest BCUT2D eigenvalue weighted by Gasteiger charge is -2.07. The minimum Gasteiger partial charge on any atom is -0.326 e. The zero-order valence-corrected chi connectivity index (χ0v) is 9.59. The Balaban J connectivity index is 2.09. The van der Waals surface area contributed by atoms with E-state index in [4.69, 9.17) is 0 Å². The van der Waals surface area contributed by atoms with Gasteiger partial charge in [0.2, 0.25) is 0 Å². The van der Waals surface area contributed by atoms with Gasteiger partial charge in [0.1, 0.15) is 6.33 Å². The Kier molecular flexibility index (Phi) is 3.31. The van der Waals surface area contributed by atoms with Gasteiger partial charge >= 0.3 is 0 Å². The van der Waals surface area contributed by atoms with E-state index >= 15 is 0 Å². The molecule has 0 aromatic carbocycles. The van der Waals surface area contributed by atoms with Crippen LogP contribution in [0.4, 0.5) is 0 Å². The molecule has 0 saturated carbocycles. The molecule has 0 bridgehead atoms. The van der Waals surface area contributed by atoms with Crippen LogP contribution in [0, 0.1) is 0 Å². The predicted molar refractivity (Wildman–Crippen MR) is 59.7 cm³/mol. The minimum atomic E-state index is 0.706. The summed E-state index contributed by atoms with van der Waals surface area (Å²) in [5.74, 6) is 0.927. The lowest BCUT2D eigenvalue weighted by atomic mass is 10.4. The third-order valence-corrected chi connectivity index (χ3v) is 2.47. The zero-order valence-electron chi connectivity index (χ0n) is 9.59. The van der Waals surface area contributed by atoms with E-state index in [0.717, 1.165) is 24.6 Å². The first-order valence-corrected chi connectivity index (χ1v) is 5.34. The summed E-state index contributed by atoms with van der Waals surface area (Å²) in [6.45, 7) is 4.57. The number of rotatable bonds is 5. The SMILES string of the molecule is CCNCc1cncn1Cc1nncn1C. The molecule has 16 heavy (non-hydrogen) atoms. The lowest BCUT2D eigenvalue weighted by molar-refractivity contribution is 0.629. The summed E-state index contributed by atoms with van der Waals surface area (Å²) >= 11 is 0. The maximum Gasteiger partial charge on any atom is 0.152 e. The average molecular weight is 220 g/mol. The number of imidazole rings is 1. The molecule has 0 saturated heterocycles. The summed E-state index contributed by atoms with van der Waals surface area (Å²) in [5.41, 5.74) is 1.16. The van der Waals surface area contributed by atoms with E-state index in [0.29, 0.717) is 6.54 Å². The highest BCUT2D eigenvalue weighted by atomic mass is 15.3. The third kappa shape index (κ3) is 2.27. The first kappa shape index (κ1) is 10.8. The molecule has 0 aliphatic heterocycles. The van der Waals surface area contributed by atoms with E-state index in [1.165, 1.54) is 0 Å². The molecule has 2 aromatic heterocycles. The van der Waals surface area contributed by atoms with Gasteiger partial charge in [-0.3, -0.25) is 0 Å². The van der Waals surface area contributed by atoms with E-state index in [-0.39, 0.29) is 0 Å². The molecular weight excluding hydrogens is 204 g/mol. The van der Waals surface area contributed by atoms with E-state index in [1.807, 2.05) is 24.1 Å². The number of nitrogens with one attached hydrogen (secondary N) is 1. The van der Waals surface area contributed by atoms with Crippen molar-refractivity contribution in [3.05, 3.63) is 30.4 Å². The van der Waals surface area contributed by atoms with Gasteiger partial charge in [-0.1, -0.05) is 6.92 Å². The van der Waals surface area contributed by atoms with Crippen LogP contribution < -0.4 is 5.32 Å². The van der Waals surface area contributed by atoms with E-state index < -0.39 is 0 Å². The maximum atomic E-state index is 4.15. The number of hydrogen-bond acceptors (Lipinski definition) is 4. The van der Waals surface area contributed by atoms with Gasteiger partial charge in [0, 0.05) is 19.8 Å². The normalized spacial score (nSPS) is 10.9. The van der Waals surface area contributed by atoms with Gasteiger partial charge in [-0.2, -0.15) is 0 Å². The molecule has 6 nitrogen and oxygen atoms in total. The Bertz CT molecular complexity index is 444. The number of hydrogen-bond donors (Lipinski definition) is 1. The summed E-state index contributed by atoms with van der Waals surface area (Å²) in [5, 5.41) is 11.2. The number of nitrogens with zero attached hydrogens (tertiary/aromatic N) is 5. The predicted octanol–water partition coefficient (Wildman–Crippen LogP) is 0.169. The van der Waals surface area contributed by atoms with Gasteiger partial charge in [-0.05, 0) is 6.54 Å². The summed E-state index contributed by atoms with van der Waals surface area (Å²) in [6, 6.07) is 0. The van der Waals surface area contributed by atoms with Crippen molar-refractivity contribution in [2.45, 2.75) is 20.0 Å². The summed E-state index contributed by atoms with van der Waals surface area (Å²) in [7, 11) is 1.94. The molecule has 0 aliphatic carbocycles. The van der Waals surface area contributed by atoms with E-state index in [1.54, 1.807) is 6.33 Å². The molecule has 0 aliphatic rings. The fourth-order valence-corrected chi connectivity index (χ4v) is 1.49. The van der Waals surface area contributed by atoms with Crippen molar-refractivity contribution < 1.29 is 0 Å². The molecule has 6 heteroatoms. The molecule has 2 rings (SSSR count). The van der Waals surface area contributed by atoms with Crippen LogP contribution >= 0.6 is 0 Å². The monoisotopic (exact) mass is 220 g/mol. The quantitative estimate of drug-likeness (QED) is 0.780. The van der Waals surface area contributed by atoms with Crippen LogP contribution in [0.25, 0.3) is 0 Å². The maximum absolute atomic E-state index is 4.15. The van der Waals surface area contributed by atoms with Gasteiger partial charge < -0.3 is 14.5 Å². The molecule has 0 fully saturated rings. The summed E-state index contributed by atoms with van der Waals surface area (Å²) < 4.78 is 3.99. The van der Waals surface area contributed by atoms with Crippen molar-refractivity contribution in [1.82, 2.24) is 29.6 Å². The topological polar surface area (TPSA) is 60.6 Å². The van der Waals surface area contributed by atoms with Crippen LogP contribution in [0.5, 0.6) is 0 Å². The van der Waals surface area contributed by atoms with Crippen LogP contribution in [-0.2, 0) is 20.1 Å². The first-order valence-electron chi connectivity index (χ1n) is 5.34. The molecule has 86 valence electrons. The second kappa shape index (κ2) is 4.89. The fraction of sp³-hybridized carbons (Fsp3) is 0.500. The Morgan fingerprint density at radius 2 is 2.25 bits per heavy atom. The molecule has 0 spiro atoms. The Morgan fingerprint density at radius 3 is 2.94 bits per heavy atom. The van der Waals surface area contributed by atoms with Crippen molar-refractivity contribution in [3.8, 4) is 0 Å². The minimum absolute atomic E-state index is 0.706. The largest absolute Gasteiger partial charge is 0.326 e. The molecule has 2 aromatic rings. The van der Waals surface area contributed by atoms with Crippen molar-refractivity contribution in [2.75, 3.05) is 6.54 Å². The molecule has 2 heterocycles. The van der Waals surface area contributed by atoms with Gasteiger partial charge in [0.15, 0.2) is 5.82 Å². The first-order chi connectivity index (χ1) is 7.81. The van der Waals surface area contributed by atoms with Gasteiger partial charge in [-0.25, -0.2) is 4.98 Å². The molecule has 1 N–H and O–H groups in total. The smallest absolute Gasteiger partial charge is 0.152 e. The average Bonchev–Trinajstić information content (AvgIpc) is 2.87. The second-order valence-electron chi connectivity index (χ2n) is 3.65. The van der Waals surface area contributed by atoms with Crippen LogP contribution in [0.1, 0.15) is 18.4 Å². The zero-order chi connectivity index (χ0) is 11.4. The highest BCUT2D eigenvalue weighted by Gasteiger charge is 2.05. The van der Waals surface area contributed by atoms with Crippen molar-refractivity contribution in [2.24, 2.45) is 7.05 Å². The molecule has 0 atom stereocenters. The molecule has 0 unspecified atom stereocenters. The van der Waals surface area contributed by atoms with Crippen molar-refractivity contribution >= 4 is 0 Å². The Morgan fingerprint density at radius 1 is 1.38 bits per heavy atom. The number of aryl methyl sites for hydroxylation is 1. The van der Waals surface area contributed by atoms with Crippen molar-refractivity contribution in [3.63, 3.8) is 0 Å². The Hall–Kier alpha value is -1.69. The summed E-state index contributed by atoms with van der Waals surface area (Å²) in [4.78, 5) is 4.15. The fourth-order valence-electron chi connectivity index (χ4n) is 1.49. The van der Waals surface area contributed by atoms with Crippen LogP contribution in [0.3, 0.4) is 0 Å².